The van der Waals surface area contributed by atoms with Gasteiger partial charge in [0.15, 0.2) is 5.85 Å². The summed E-state index contributed by atoms with van der Waals surface area (Å²) in [6.45, 7) is 3.87. The molecule has 0 unspecified atom stereocenters. The average molecular weight is 270 g/mol. The van der Waals surface area contributed by atoms with E-state index < -0.39 is 13.4 Å². The van der Waals surface area contributed by atoms with Gasteiger partial charge < -0.3 is 14.2 Å². The fourth-order valence-corrected chi connectivity index (χ4v) is 2.81. The van der Waals surface area contributed by atoms with Crippen LogP contribution in [0.3, 0.4) is 0 Å². The largest absolute Gasteiger partial charge is 0.377 e. The standard InChI is InChI=1S/C13H19O4P/c1-3-16-18(15,17-4-2)13(14)11-10-12-8-6-5-7-9-12/h5-11,13-14H,3-4H2,1-2H3/b11-10+/t13-/m0/s1. The fraction of sp³-hybridized carbons (Fsp3) is 0.385. The molecule has 1 aromatic carbocycles. The summed E-state index contributed by atoms with van der Waals surface area (Å²) in [5.74, 6) is -1.25. The van der Waals surface area contributed by atoms with Crippen molar-refractivity contribution in [3.05, 3.63) is 42.0 Å². The lowest BCUT2D eigenvalue weighted by atomic mass is 10.2. The molecule has 0 amide bonds. The highest BCUT2D eigenvalue weighted by atomic mass is 31.2. The molecule has 1 rings (SSSR count). The molecule has 100 valence electrons. The number of rotatable bonds is 7. The Morgan fingerprint density at radius 2 is 1.78 bits per heavy atom. The smallest absolute Gasteiger partial charge is 0.362 e. The Bertz CT molecular complexity index is 406. The monoisotopic (exact) mass is 270 g/mol. The summed E-state index contributed by atoms with van der Waals surface area (Å²) in [7, 11) is -3.48. The minimum Gasteiger partial charge on any atom is -0.377 e. The van der Waals surface area contributed by atoms with Crippen LogP contribution in [0.2, 0.25) is 0 Å². The van der Waals surface area contributed by atoms with Crippen LogP contribution in [-0.4, -0.2) is 24.2 Å². The Morgan fingerprint density at radius 3 is 2.28 bits per heavy atom. The molecule has 0 fully saturated rings. The molecular formula is C13H19O4P. The van der Waals surface area contributed by atoms with Crippen molar-refractivity contribution < 1.29 is 18.7 Å². The van der Waals surface area contributed by atoms with Crippen LogP contribution in [-0.2, 0) is 13.6 Å². The number of aliphatic hydroxyl groups is 1. The first-order valence-corrected chi connectivity index (χ1v) is 7.53. The maximum atomic E-state index is 12.2. The van der Waals surface area contributed by atoms with E-state index in [-0.39, 0.29) is 13.2 Å². The molecule has 0 bridgehead atoms. The predicted molar refractivity (Wildman–Crippen MR) is 72.3 cm³/mol. The van der Waals surface area contributed by atoms with Crippen LogP contribution in [0.25, 0.3) is 6.08 Å². The van der Waals surface area contributed by atoms with E-state index in [0.29, 0.717) is 0 Å². The second kappa shape index (κ2) is 7.49. The number of hydrogen-bond donors (Lipinski definition) is 1. The van der Waals surface area contributed by atoms with Gasteiger partial charge in [-0.05, 0) is 25.5 Å². The lowest BCUT2D eigenvalue weighted by molar-refractivity contribution is 0.169. The number of hydrogen-bond acceptors (Lipinski definition) is 4. The van der Waals surface area contributed by atoms with Crippen molar-refractivity contribution >= 4 is 13.7 Å². The Morgan fingerprint density at radius 1 is 1.22 bits per heavy atom. The first kappa shape index (κ1) is 15.1. The summed E-state index contributed by atoms with van der Waals surface area (Å²) < 4.78 is 22.3. The quantitative estimate of drug-likeness (QED) is 0.772. The third-order valence-corrected chi connectivity index (χ3v) is 4.26. The van der Waals surface area contributed by atoms with E-state index >= 15 is 0 Å². The lowest BCUT2D eigenvalue weighted by Gasteiger charge is -2.19. The Balaban J connectivity index is 2.76. The van der Waals surface area contributed by atoms with E-state index in [9.17, 15) is 9.67 Å². The van der Waals surface area contributed by atoms with Crippen LogP contribution in [0.15, 0.2) is 36.4 Å². The highest BCUT2D eigenvalue weighted by molar-refractivity contribution is 7.54. The van der Waals surface area contributed by atoms with Gasteiger partial charge in [-0.2, -0.15) is 0 Å². The van der Waals surface area contributed by atoms with Crippen LogP contribution in [0.4, 0.5) is 0 Å². The first-order chi connectivity index (χ1) is 8.62. The molecule has 0 aliphatic carbocycles. The third kappa shape index (κ3) is 4.39. The van der Waals surface area contributed by atoms with Crippen molar-refractivity contribution in [3.63, 3.8) is 0 Å². The van der Waals surface area contributed by atoms with Crippen LogP contribution >= 0.6 is 7.60 Å². The zero-order chi connectivity index (χ0) is 13.4. The summed E-state index contributed by atoms with van der Waals surface area (Å²) in [6, 6.07) is 9.44. The van der Waals surface area contributed by atoms with Gasteiger partial charge in [0.05, 0.1) is 13.2 Å². The van der Waals surface area contributed by atoms with E-state index in [1.807, 2.05) is 30.3 Å². The average Bonchev–Trinajstić information content (AvgIpc) is 2.37. The molecule has 0 aliphatic rings. The molecular weight excluding hydrogens is 251 g/mol. The first-order valence-electron chi connectivity index (χ1n) is 5.92. The van der Waals surface area contributed by atoms with Crippen molar-refractivity contribution in [2.75, 3.05) is 13.2 Å². The summed E-state index contributed by atoms with van der Waals surface area (Å²) >= 11 is 0. The van der Waals surface area contributed by atoms with Gasteiger partial charge in [-0.25, -0.2) is 0 Å². The van der Waals surface area contributed by atoms with Crippen LogP contribution in [0, 0.1) is 0 Å². The molecule has 0 radical (unpaired) electrons. The topological polar surface area (TPSA) is 55.8 Å². The zero-order valence-corrected chi connectivity index (χ0v) is 11.5. The minimum absolute atomic E-state index is 0.230. The SMILES string of the molecule is CCOP(=O)(OCC)[C@H](O)/C=C/c1ccccc1. The molecule has 1 aromatic rings. The summed E-state index contributed by atoms with van der Waals surface area (Å²) in [5, 5.41) is 9.89. The highest BCUT2D eigenvalue weighted by Crippen LogP contribution is 2.52. The van der Waals surface area contributed by atoms with E-state index in [0.717, 1.165) is 5.56 Å². The Hall–Kier alpha value is -0.930. The normalized spacial score (nSPS) is 13.9. The summed E-state index contributed by atoms with van der Waals surface area (Å²) in [5.41, 5.74) is 0.913. The van der Waals surface area contributed by atoms with Gasteiger partial charge in [-0.15, -0.1) is 0 Å². The molecule has 0 saturated heterocycles. The summed E-state index contributed by atoms with van der Waals surface area (Å²) in [6.07, 6.45) is 3.12. The van der Waals surface area contributed by atoms with E-state index in [2.05, 4.69) is 0 Å². The molecule has 0 aliphatic heterocycles. The highest BCUT2D eigenvalue weighted by Gasteiger charge is 2.31. The predicted octanol–water partition coefficient (Wildman–Crippen LogP) is 3.28. The minimum atomic E-state index is -3.48. The van der Waals surface area contributed by atoms with Crippen molar-refractivity contribution in [1.82, 2.24) is 0 Å². The van der Waals surface area contributed by atoms with Gasteiger partial charge in [0.1, 0.15) is 0 Å². The van der Waals surface area contributed by atoms with E-state index in [1.165, 1.54) is 6.08 Å². The van der Waals surface area contributed by atoms with Crippen molar-refractivity contribution in [2.24, 2.45) is 0 Å². The molecule has 0 spiro atoms. The van der Waals surface area contributed by atoms with Crippen LogP contribution < -0.4 is 0 Å². The van der Waals surface area contributed by atoms with Gasteiger partial charge in [0.2, 0.25) is 0 Å². The Kier molecular flexibility index (Phi) is 6.30. The van der Waals surface area contributed by atoms with Gasteiger partial charge in [0.25, 0.3) is 0 Å². The van der Waals surface area contributed by atoms with Crippen LogP contribution in [0.1, 0.15) is 19.4 Å². The van der Waals surface area contributed by atoms with E-state index in [1.54, 1.807) is 19.9 Å². The second-order valence-corrected chi connectivity index (χ2v) is 5.68. The fourth-order valence-electron chi connectivity index (χ4n) is 1.42. The lowest BCUT2D eigenvalue weighted by Crippen LogP contribution is -2.10. The zero-order valence-electron chi connectivity index (χ0n) is 10.7. The molecule has 1 N–H and O–H groups in total. The second-order valence-electron chi connectivity index (χ2n) is 3.56. The molecule has 4 nitrogen and oxygen atoms in total. The maximum absolute atomic E-state index is 12.2. The van der Waals surface area contributed by atoms with Gasteiger partial charge >= 0.3 is 7.60 Å². The van der Waals surface area contributed by atoms with Crippen molar-refractivity contribution in [1.29, 1.82) is 0 Å². The number of aliphatic hydroxyl groups excluding tert-OH is 1. The molecule has 1 atom stereocenters. The van der Waals surface area contributed by atoms with Crippen LogP contribution in [0.5, 0.6) is 0 Å². The molecule has 18 heavy (non-hydrogen) atoms. The molecule has 0 aromatic heterocycles. The number of benzene rings is 1. The Labute approximate surface area is 108 Å². The summed E-state index contributed by atoms with van der Waals surface area (Å²) in [4.78, 5) is 0. The van der Waals surface area contributed by atoms with Gasteiger partial charge in [0, 0.05) is 0 Å². The van der Waals surface area contributed by atoms with Gasteiger partial charge in [-0.1, -0.05) is 36.4 Å². The molecule has 0 heterocycles. The van der Waals surface area contributed by atoms with Gasteiger partial charge in [-0.3, -0.25) is 4.57 Å². The van der Waals surface area contributed by atoms with E-state index in [4.69, 9.17) is 9.05 Å². The van der Waals surface area contributed by atoms with Crippen molar-refractivity contribution in [2.45, 2.75) is 19.7 Å². The maximum Gasteiger partial charge on any atom is 0.362 e. The van der Waals surface area contributed by atoms with Crippen molar-refractivity contribution in [3.8, 4) is 0 Å². The molecule has 5 heteroatoms. The third-order valence-electron chi connectivity index (χ3n) is 2.20. The molecule has 0 saturated carbocycles.